The van der Waals surface area contributed by atoms with E-state index in [1.165, 1.54) is 0 Å². The van der Waals surface area contributed by atoms with Crippen molar-refractivity contribution in [2.45, 2.75) is 26.3 Å². The molecule has 0 bridgehead atoms. The highest BCUT2D eigenvalue weighted by Crippen LogP contribution is 2.20. The van der Waals surface area contributed by atoms with Crippen LogP contribution in [0.3, 0.4) is 0 Å². The lowest BCUT2D eigenvalue weighted by Gasteiger charge is -2.19. The summed E-state index contributed by atoms with van der Waals surface area (Å²) in [4.78, 5) is 22.8. The van der Waals surface area contributed by atoms with Crippen LogP contribution < -0.4 is 11.1 Å². The fraction of sp³-hybridized carbons (Fsp3) is 0.333. The molecule has 1 amide bonds. The number of carboxylic acids is 1. The molecule has 1 aromatic rings. The maximum Gasteiger partial charge on any atom is 0.338 e. The van der Waals surface area contributed by atoms with Crippen molar-refractivity contribution in [1.82, 2.24) is 0 Å². The molecule has 0 saturated carbocycles. The van der Waals surface area contributed by atoms with Crippen LogP contribution in [-0.2, 0) is 4.79 Å². The summed E-state index contributed by atoms with van der Waals surface area (Å²) < 4.78 is 0. The van der Waals surface area contributed by atoms with Gasteiger partial charge in [0.25, 0.3) is 0 Å². The molecule has 5 nitrogen and oxygen atoms in total. The van der Waals surface area contributed by atoms with Crippen LogP contribution in [0.2, 0.25) is 0 Å². The van der Waals surface area contributed by atoms with E-state index >= 15 is 0 Å². The average molecular weight is 236 g/mol. The second-order valence-electron chi connectivity index (χ2n) is 4.48. The quantitative estimate of drug-likeness (QED) is 0.739. The number of nitrogens with two attached hydrogens (primary N) is 1. The number of aryl methyl sites for hydroxylation is 1. The molecule has 0 aliphatic carbocycles. The fourth-order valence-electron chi connectivity index (χ4n) is 1.34. The maximum atomic E-state index is 11.7. The van der Waals surface area contributed by atoms with Gasteiger partial charge in [-0.25, -0.2) is 4.79 Å². The number of carbonyl (C=O) groups is 2. The van der Waals surface area contributed by atoms with Crippen LogP contribution in [0.4, 0.5) is 5.69 Å². The largest absolute Gasteiger partial charge is 0.478 e. The van der Waals surface area contributed by atoms with Gasteiger partial charge in [0, 0.05) is 0 Å². The molecule has 0 radical (unpaired) electrons. The third-order valence-corrected chi connectivity index (χ3v) is 2.32. The Balaban J connectivity index is 3.12. The molecule has 0 saturated heterocycles. The minimum Gasteiger partial charge on any atom is -0.478 e. The van der Waals surface area contributed by atoms with Crippen molar-refractivity contribution < 1.29 is 14.7 Å². The third kappa shape index (κ3) is 3.04. The summed E-state index contributed by atoms with van der Waals surface area (Å²) in [5, 5.41) is 11.6. The number of aromatic carboxylic acids is 1. The Morgan fingerprint density at radius 3 is 2.41 bits per heavy atom. The molecule has 0 aliphatic heterocycles. The van der Waals surface area contributed by atoms with Crippen molar-refractivity contribution in [3.05, 3.63) is 29.3 Å². The summed E-state index contributed by atoms with van der Waals surface area (Å²) in [5.41, 5.74) is 5.52. The van der Waals surface area contributed by atoms with Crippen LogP contribution >= 0.6 is 0 Å². The highest BCUT2D eigenvalue weighted by Gasteiger charge is 2.24. The summed E-state index contributed by atoms with van der Waals surface area (Å²) in [5.74, 6) is -1.50. The van der Waals surface area contributed by atoms with Gasteiger partial charge < -0.3 is 16.2 Å². The minimum absolute atomic E-state index is 0.0881. The first-order chi connectivity index (χ1) is 7.73. The Kier molecular flexibility index (Phi) is 3.53. The first kappa shape index (κ1) is 13.2. The van der Waals surface area contributed by atoms with Crippen molar-refractivity contribution in [3.63, 3.8) is 0 Å². The van der Waals surface area contributed by atoms with Crippen LogP contribution in [0, 0.1) is 6.92 Å². The molecule has 92 valence electrons. The topological polar surface area (TPSA) is 92.4 Å². The van der Waals surface area contributed by atoms with E-state index in [2.05, 4.69) is 5.32 Å². The molecule has 4 N–H and O–H groups in total. The molecule has 0 fully saturated rings. The van der Waals surface area contributed by atoms with Crippen molar-refractivity contribution in [3.8, 4) is 0 Å². The molecule has 1 rings (SSSR count). The highest BCUT2D eigenvalue weighted by molar-refractivity contribution is 6.04. The number of hydrogen-bond acceptors (Lipinski definition) is 3. The lowest BCUT2D eigenvalue weighted by molar-refractivity contribution is -0.120. The fourth-order valence-corrected chi connectivity index (χ4v) is 1.34. The monoisotopic (exact) mass is 236 g/mol. The molecule has 0 unspecified atom stereocenters. The molecule has 5 heteroatoms. The lowest BCUT2D eigenvalue weighted by Crippen LogP contribution is -2.45. The number of carboxylic acid groups (broad SMARTS) is 1. The van der Waals surface area contributed by atoms with Gasteiger partial charge in [-0.3, -0.25) is 4.79 Å². The molecule has 0 aliphatic rings. The first-order valence-electron chi connectivity index (χ1n) is 5.16. The molecule has 0 aromatic heterocycles. The Labute approximate surface area is 99.6 Å². The zero-order valence-electron chi connectivity index (χ0n) is 10.1. The van der Waals surface area contributed by atoms with Crippen molar-refractivity contribution in [2.24, 2.45) is 5.73 Å². The van der Waals surface area contributed by atoms with Crippen LogP contribution in [0.15, 0.2) is 18.2 Å². The van der Waals surface area contributed by atoms with Gasteiger partial charge in [-0.1, -0.05) is 12.1 Å². The van der Waals surface area contributed by atoms with Crippen molar-refractivity contribution in [2.75, 3.05) is 5.32 Å². The normalized spacial score (nSPS) is 11.1. The van der Waals surface area contributed by atoms with Gasteiger partial charge in [0.15, 0.2) is 0 Å². The van der Waals surface area contributed by atoms with Gasteiger partial charge in [0.2, 0.25) is 5.91 Å². The SMILES string of the molecule is Cc1cccc(NC(=O)C(C)(C)N)c1C(=O)O. The lowest BCUT2D eigenvalue weighted by atomic mass is 10.0. The van der Waals surface area contributed by atoms with E-state index in [4.69, 9.17) is 10.8 Å². The van der Waals surface area contributed by atoms with Gasteiger partial charge in [0.1, 0.15) is 0 Å². The summed E-state index contributed by atoms with van der Waals surface area (Å²) in [6, 6.07) is 4.90. The van der Waals surface area contributed by atoms with E-state index < -0.39 is 17.4 Å². The molecule has 0 heterocycles. The van der Waals surface area contributed by atoms with E-state index in [0.29, 0.717) is 5.56 Å². The molecule has 17 heavy (non-hydrogen) atoms. The van der Waals surface area contributed by atoms with Crippen LogP contribution in [0.1, 0.15) is 29.8 Å². The third-order valence-electron chi connectivity index (χ3n) is 2.32. The van der Waals surface area contributed by atoms with Crippen LogP contribution in [0.5, 0.6) is 0 Å². The van der Waals surface area contributed by atoms with Gasteiger partial charge in [-0.05, 0) is 32.4 Å². The van der Waals surface area contributed by atoms with E-state index in [0.717, 1.165) is 0 Å². The van der Waals surface area contributed by atoms with E-state index in [9.17, 15) is 9.59 Å². The van der Waals surface area contributed by atoms with Gasteiger partial charge in [-0.15, -0.1) is 0 Å². The molecular weight excluding hydrogens is 220 g/mol. The van der Waals surface area contributed by atoms with Crippen LogP contribution in [0.25, 0.3) is 0 Å². The van der Waals surface area contributed by atoms with Gasteiger partial charge in [-0.2, -0.15) is 0 Å². The Morgan fingerprint density at radius 1 is 1.35 bits per heavy atom. The van der Waals surface area contributed by atoms with E-state index in [1.807, 2.05) is 0 Å². The number of benzene rings is 1. The Bertz CT molecular complexity index is 461. The summed E-state index contributed by atoms with van der Waals surface area (Å²) in [6.07, 6.45) is 0. The van der Waals surface area contributed by atoms with Crippen molar-refractivity contribution >= 4 is 17.6 Å². The Hall–Kier alpha value is -1.88. The number of nitrogens with one attached hydrogen (secondary N) is 1. The Morgan fingerprint density at radius 2 is 1.94 bits per heavy atom. The van der Waals surface area contributed by atoms with E-state index in [-0.39, 0.29) is 11.3 Å². The molecular formula is C12H16N2O3. The zero-order chi connectivity index (χ0) is 13.2. The summed E-state index contributed by atoms with van der Waals surface area (Å²) in [6.45, 7) is 4.78. The summed E-state index contributed by atoms with van der Waals surface area (Å²) in [7, 11) is 0. The zero-order valence-corrected chi connectivity index (χ0v) is 10.1. The number of hydrogen-bond donors (Lipinski definition) is 3. The van der Waals surface area contributed by atoms with E-state index in [1.54, 1.807) is 39.0 Å². The number of amides is 1. The molecule has 0 atom stereocenters. The van der Waals surface area contributed by atoms with Crippen molar-refractivity contribution in [1.29, 1.82) is 0 Å². The van der Waals surface area contributed by atoms with Gasteiger partial charge >= 0.3 is 5.97 Å². The summed E-state index contributed by atoms with van der Waals surface area (Å²) >= 11 is 0. The standard InChI is InChI=1S/C12H16N2O3/c1-7-5-4-6-8(9(7)10(15)16)14-11(17)12(2,3)13/h4-6H,13H2,1-3H3,(H,14,17)(H,15,16). The number of rotatable bonds is 3. The predicted molar refractivity (Wildman–Crippen MR) is 65.0 cm³/mol. The number of carbonyl (C=O) groups excluding carboxylic acids is 1. The predicted octanol–water partition coefficient (Wildman–Crippen LogP) is 1.37. The second kappa shape index (κ2) is 4.55. The van der Waals surface area contributed by atoms with Crippen LogP contribution in [-0.4, -0.2) is 22.5 Å². The maximum absolute atomic E-state index is 11.7. The average Bonchev–Trinajstić information content (AvgIpc) is 2.15. The minimum atomic E-state index is -1.08. The first-order valence-corrected chi connectivity index (χ1v) is 5.16. The second-order valence-corrected chi connectivity index (χ2v) is 4.48. The highest BCUT2D eigenvalue weighted by atomic mass is 16.4. The smallest absolute Gasteiger partial charge is 0.338 e. The molecule has 1 aromatic carbocycles. The molecule has 0 spiro atoms. The number of anilines is 1. The van der Waals surface area contributed by atoms with Gasteiger partial charge in [0.05, 0.1) is 16.8 Å².